The van der Waals surface area contributed by atoms with Crippen LogP contribution in [0.15, 0.2) is 40.1 Å². The quantitative estimate of drug-likeness (QED) is 0.654. The predicted molar refractivity (Wildman–Crippen MR) is 91.3 cm³/mol. The van der Waals surface area contributed by atoms with Crippen LogP contribution < -0.4 is 5.73 Å². The molecule has 0 aliphatic carbocycles. The Hall–Kier alpha value is -2.32. The summed E-state index contributed by atoms with van der Waals surface area (Å²) in [5.74, 6) is 0.767. The zero-order chi connectivity index (χ0) is 17.1. The number of nitrogens with one attached hydrogen (secondary N) is 1. The lowest BCUT2D eigenvalue weighted by Crippen LogP contribution is -2.54. The van der Waals surface area contributed by atoms with Crippen LogP contribution in [0, 0.1) is 0 Å². The Morgan fingerprint density at radius 2 is 2.17 bits per heavy atom. The molecule has 4 N–H and O–H groups in total. The lowest BCUT2D eigenvalue weighted by atomic mass is 10.1. The van der Waals surface area contributed by atoms with Gasteiger partial charge in [0.1, 0.15) is 0 Å². The second kappa shape index (κ2) is 7.06. The van der Waals surface area contributed by atoms with Gasteiger partial charge in [-0.2, -0.15) is 0 Å². The van der Waals surface area contributed by atoms with Gasteiger partial charge in [-0.3, -0.25) is 4.79 Å². The molecule has 1 amide bonds. The molecule has 24 heavy (non-hydrogen) atoms. The zero-order valence-electron chi connectivity index (χ0n) is 13.7. The normalized spacial score (nSPS) is 12.5. The van der Waals surface area contributed by atoms with E-state index in [1.54, 1.807) is 14.1 Å². The third-order valence-electron chi connectivity index (χ3n) is 3.73. The SMILES string of the molecule is CN(C)C(=O)CSc1nnc([C@@H]([NH3+])Cc2c[nH]c3ccccc23)o1. The van der Waals surface area contributed by atoms with Gasteiger partial charge in [0, 0.05) is 37.6 Å². The molecule has 0 radical (unpaired) electrons. The molecule has 0 aliphatic rings. The van der Waals surface area contributed by atoms with Crippen molar-refractivity contribution in [2.75, 3.05) is 19.8 Å². The Morgan fingerprint density at radius 3 is 2.96 bits per heavy atom. The van der Waals surface area contributed by atoms with Crippen molar-refractivity contribution in [1.82, 2.24) is 20.1 Å². The lowest BCUT2D eigenvalue weighted by Gasteiger charge is -2.07. The van der Waals surface area contributed by atoms with E-state index in [0.29, 0.717) is 17.5 Å². The average molecular weight is 346 g/mol. The van der Waals surface area contributed by atoms with Gasteiger partial charge < -0.3 is 20.0 Å². The molecule has 3 aromatic rings. The number of quaternary nitrogens is 1. The molecule has 7 nitrogen and oxygen atoms in total. The van der Waals surface area contributed by atoms with Crippen LogP contribution in [0.5, 0.6) is 0 Å². The highest BCUT2D eigenvalue weighted by molar-refractivity contribution is 7.99. The first-order valence-corrected chi connectivity index (χ1v) is 8.57. The first kappa shape index (κ1) is 16.5. The summed E-state index contributed by atoms with van der Waals surface area (Å²) in [5, 5.41) is 9.63. The Morgan fingerprint density at radius 1 is 1.38 bits per heavy atom. The molecule has 1 aromatic carbocycles. The monoisotopic (exact) mass is 346 g/mol. The van der Waals surface area contributed by atoms with Gasteiger partial charge in [0.15, 0.2) is 6.04 Å². The second-order valence-electron chi connectivity index (χ2n) is 5.74. The van der Waals surface area contributed by atoms with E-state index >= 15 is 0 Å². The van der Waals surface area contributed by atoms with E-state index in [9.17, 15) is 4.79 Å². The third kappa shape index (κ3) is 3.60. The number of rotatable bonds is 6. The van der Waals surface area contributed by atoms with Crippen molar-refractivity contribution in [3.8, 4) is 0 Å². The van der Waals surface area contributed by atoms with Gasteiger partial charge in [-0.05, 0) is 11.6 Å². The van der Waals surface area contributed by atoms with Crippen molar-refractivity contribution in [3.63, 3.8) is 0 Å². The number of aromatic amines is 1. The topological polar surface area (TPSA) is 103 Å². The number of thioether (sulfide) groups is 1. The number of para-hydroxylation sites is 1. The van der Waals surface area contributed by atoms with Crippen LogP contribution in [0.1, 0.15) is 17.5 Å². The fourth-order valence-electron chi connectivity index (χ4n) is 2.35. The zero-order valence-corrected chi connectivity index (χ0v) is 14.5. The smallest absolute Gasteiger partial charge is 0.277 e. The number of amides is 1. The standard InChI is InChI=1S/C16H19N5O2S/c1-21(2)14(22)9-24-16-20-19-15(23-16)12(17)7-10-8-18-13-6-4-3-5-11(10)13/h3-6,8,12,18H,7,9,17H2,1-2H3/p+1/t12-/m0/s1. The minimum absolute atomic E-state index is 0.00437. The molecule has 126 valence electrons. The summed E-state index contributed by atoms with van der Waals surface area (Å²) in [6.45, 7) is 0. The Bertz CT molecular complexity index is 842. The number of aromatic nitrogens is 3. The van der Waals surface area contributed by atoms with Crippen LogP contribution in [0.4, 0.5) is 0 Å². The second-order valence-corrected chi connectivity index (χ2v) is 6.67. The summed E-state index contributed by atoms with van der Waals surface area (Å²) in [4.78, 5) is 16.4. The van der Waals surface area contributed by atoms with Crippen molar-refractivity contribution in [1.29, 1.82) is 0 Å². The van der Waals surface area contributed by atoms with E-state index in [0.717, 1.165) is 5.52 Å². The highest BCUT2D eigenvalue weighted by Crippen LogP contribution is 2.23. The van der Waals surface area contributed by atoms with Gasteiger partial charge in [0.05, 0.1) is 5.75 Å². The molecule has 0 aliphatic heterocycles. The van der Waals surface area contributed by atoms with Gasteiger partial charge in [0.2, 0.25) is 5.91 Å². The maximum absolute atomic E-state index is 11.6. The molecule has 0 saturated heterocycles. The van der Waals surface area contributed by atoms with E-state index in [2.05, 4.69) is 27.0 Å². The maximum atomic E-state index is 11.6. The van der Waals surface area contributed by atoms with Crippen molar-refractivity contribution in [3.05, 3.63) is 41.9 Å². The summed E-state index contributed by atoms with van der Waals surface area (Å²) >= 11 is 1.24. The molecule has 0 unspecified atom stereocenters. The van der Waals surface area contributed by atoms with Crippen molar-refractivity contribution in [2.45, 2.75) is 17.7 Å². The molecule has 0 bridgehead atoms. The number of carbonyl (C=O) groups is 1. The van der Waals surface area contributed by atoms with Crippen LogP contribution in [0.25, 0.3) is 10.9 Å². The fourth-order valence-corrected chi connectivity index (χ4v) is 3.10. The van der Waals surface area contributed by atoms with Crippen LogP contribution in [-0.2, 0) is 11.2 Å². The van der Waals surface area contributed by atoms with Crippen molar-refractivity contribution < 1.29 is 14.9 Å². The molecule has 0 fully saturated rings. The van der Waals surface area contributed by atoms with Crippen molar-refractivity contribution in [2.24, 2.45) is 0 Å². The summed E-state index contributed by atoms with van der Waals surface area (Å²) in [6, 6.07) is 7.99. The Labute approximate surface area is 143 Å². The molecule has 2 aromatic heterocycles. The number of benzene rings is 1. The van der Waals surface area contributed by atoms with E-state index in [1.807, 2.05) is 24.4 Å². The van der Waals surface area contributed by atoms with Crippen LogP contribution >= 0.6 is 11.8 Å². The van der Waals surface area contributed by atoms with Gasteiger partial charge >= 0.3 is 0 Å². The fraction of sp³-hybridized carbons (Fsp3) is 0.312. The molecule has 0 saturated carbocycles. The average Bonchev–Trinajstić information content (AvgIpc) is 3.20. The highest BCUT2D eigenvalue weighted by atomic mass is 32.2. The van der Waals surface area contributed by atoms with Gasteiger partial charge in [-0.15, -0.1) is 10.2 Å². The number of H-pyrrole nitrogens is 1. The van der Waals surface area contributed by atoms with Gasteiger partial charge in [0.25, 0.3) is 11.1 Å². The number of hydrogen-bond donors (Lipinski definition) is 2. The molecule has 2 heterocycles. The molecule has 0 spiro atoms. The third-order valence-corrected chi connectivity index (χ3v) is 4.53. The number of fused-ring (bicyclic) bond motifs is 1. The van der Waals surface area contributed by atoms with Crippen LogP contribution in [0.3, 0.4) is 0 Å². The maximum Gasteiger partial charge on any atom is 0.277 e. The number of nitrogens with zero attached hydrogens (tertiary/aromatic N) is 3. The first-order valence-electron chi connectivity index (χ1n) is 7.59. The van der Waals surface area contributed by atoms with E-state index in [-0.39, 0.29) is 17.7 Å². The van der Waals surface area contributed by atoms with Crippen LogP contribution in [-0.4, -0.2) is 45.8 Å². The van der Waals surface area contributed by atoms with Gasteiger partial charge in [-0.25, -0.2) is 0 Å². The summed E-state index contributed by atoms with van der Waals surface area (Å²) in [6.07, 6.45) is 2.69. The first-order chi connectivity index (χ1) is 11.5. The van der Waals surface area contributed by atoms with E-state index < -0.39 is 0 Å². The summed E-state index contributed by atoms with van der Waals surface area (Å²) in [7, 11) is 3.44. The Balaban J connectivity index is 1.65. The summed E-state index contributed by atoms with van der Waals surface area (Å²) < 4.78 is 5.63. The van der Waals surface area contributed by atoms with Gasteiger partial charge in [-0.1, -0.05) is 30.0 Å². The molecule has 1 atom stereocenters. The molecule has 3 rings (SSSR count). The number of hydrogen-bond acceptors (Lipinski definition) is 5. The molecular formula is C16H20N5O2S+. The highest BCUT2D eigenvalue weighted by Gasteiger charge is 2.20. The van der Waals surface area contributed by atoms with Crippen LogP contribution in [0.2, 0.25) is 0 Å². The molecule has 8 heteroatoms. The largest absolute Gasteiger partial charge is 0.410 e. The van der Waals surface area contributed by atoms with E-state index in [4.69, 9.17) is 4.42 Å². The minimum Gasteiger partial charge on any atom is -0.410 e. The summed E-state index contributed by atoms with van der Waals surface area (Å²) in [5.41, 5.74) is 6.40. The molecular weight excluding hydrogens is 326 g/mol. The van der Waals surface area contributed by atoms with E-state index in [1.165, 1.54) is 27.6 Å². The predicted octanol–water partition coefficient (Wildman–Crippen LogP) is 1.26. The number of carbonyl (C=O) groups excluding carboxylic acids is 1. The minimum atomic E-state index is -0.143. The van der Waals surface area contributed by atoms with Crippen molar-refractivity contribution >= 4 is 28.6 Å². The Kier molecular flexibility index (Phi) is 4.86. The lowest BCUT2D eigenvalue weighted by molar-refractivity contribution is -0.431.